The molecule has 0 aromatic heterocycles. The highest BCUT2D eigenvalue weighted by Gasteiger charge is 2.00. The third-order valence-corrected chi connectivity index (χ3v) is 1.68. The Bertz CT molecular complexity index is 339. The van der Waals surface area contributed by atoms with E-state index in [-0.39, 0.29) is 11.5 Å². The lowest BCUT2D eigenvalue weighted by atomic mass is 10.1. The predicted molar refractivity (Wildman–Crippen MR) is 55.3 cm³/mol. The average molecular weight is 191 g/mol. The zero-order valence-electron chi connectivity index (χ0n) is 8.27. The highest BCUT2D eigenvalue weighted by molar-refractivity contribution is 6.04. The van der Waals surface area contributed by atoms with Crippen LogP contribution in [0.2, 0.25) is 0 Å². The predicted octanol–water partition coefficient (Wildman–Crippen LogP) is 1.65. The van der Waals surface area contributed by atoms with Crippen LogP contribution >= 0.6 is 0 Å². The van der Waals surface area contributed by atoms with Gasteiger partial charge in [0.25, 0.3) is 0 Å². The smallest absolute Gasteiger partial charge is 0.187 e. The first-order valence-electron chi connectivity index (χ1n) is 4.27. The molecule has 0 aliphatic heterocycles. The molecule has 0 radical (unpaired) electrons. The molecule has 0 heterocycles. The molecule has 0 saturated carbocycles. The fourth-order valence-corrected chi connectivity index (χ4v) is 0.939. The van der Waals surface area contributed by atoms with Gasteiger partial charge in [-0.2, -0.15) is 0 Å². The second-order valence-electron chi connectivity index (χ2n) is 3.19. The van der Waals surface area contributed by atoms with E-state index in [2.05, 4.69) is 0 Å². The molecule has 1 N–H and O–H groups in total. The normalized spacial score (nSPS) is 10.4. The van der Waals surface area contributed by atoms with Crippen LogP contribution in [0, 0.1) is 0 Å². The van der Waals surface area contributed by atoms with Crippen LogP contribution in [0.1, 0.15) is 10.4 Å². The maximum atomic E-state index is 11.5. The summed E-state index contributed by atoms with van der Waals surface area (Å²) in [6, 6.07) is 6.18. The van der Waals surface area contributed by atoms with Gasteiger partial charge in [0.15, 0.2) is 5.78 Å². The Kier molecular flexibility index (Phi) is 3.29. The molecule has 1 aromatic carbocycles. The van der Waals surface area contributed by atoms with Crippen molar-refractivity contribution in [2.45, 2.75) is 0 Å². The molecule has 0 aliphatic rings. The van der Waals surface area contributed by atoms with E-state index in [0.717, 1.165) is 0 Å². The van der Waals surface area contributed by atoms with E-state index < -0.39 is 0 Å². The molecule has 74 valence electrons. The number of rotatable bonds is 3. The van der Waals surface area contributed by atoms with Gasteiger partial charge in [-0.15, -0.1) is 0 Å². The molecule has 0 aliphatic carbocycles. The first kappa shape index (κ1) is 10.3. The summed E-state index contributed by atoms with van der Waals surface area (Å²) in [6.07, 6.45) is 3.18. The van der Waals surface area contributed by atoms with Gasteiger partial charge in [-0.25, -0.2) is 0 Å². The van der Waals surface area contributed by atoms with Crippen LogP contribution in [-0.4, -0.2) is 29.9 Å². The third-order valence-electron chi connectivity index (χ3n) is 1.68. The molecule has 0 bridgehead atoms. The molecule has 0 amide bonds. The average Bonchev–Trinajstić information content (AvgIpc) is 2.15. The van der Waals surface area contributed by atoms with Gasteiger partial charge < -0.3 is 10.0 Å². The summed E-state index contributed by atoms with van der Waals surface area (Å²) in [5, 5.41) is 9.02. The quantitative estimate of drug-likeness (QED) is 0.583. The number of allylic oxidation sites excluding steroid dienone is 1. The topological polar surface area (TPSA) is 40.5 Å². The van der Waals surface area contributed by atoms with E-state index in [1.807, 2.05) is 14.1 Å². The Morgan fingerprint density at radius 1 is 1.29 bits per heavy atom. The zero-order valence-corrected chi connectivity index (χ0v) is 8.27. The standard InChI is InChI=1S/C11H13NO2/c1-12(2)8-7-11(14)9-3-5-10(13)6-4-9/h3-8,13H,1-2H3/b8-7+. The molecule has 3 nitrogen and oxygen atoms in total. The SMILES string of the molecule is CN(C)/C=C/C(=O)c1ccc(O)cc1. The minimum absolute atomic E-state index is 0.0706. The molecule has 1 rings (SSSR count). The van der Waals surface area contributed by atoms with Crippen LogP contribution in [0.5, 0.6) is 5.75 Å². The molecule has 0 saturated heterocycles. The van der Waals surface area contributed by atoms with Gasteiger partial charge in [0, 0.05) is 31.9 Å². The number of phenolic OH excluding ortho intramolecular Hbond substituents is 1. The summed E-state index contributed by atoms with van der Waals surface area (Å²) in [7, 11) is 3.70. The maximum absolute atomic E-state index is 11.5. The summed E-state index contributed by atoms with van der Waals surface area (Å²) in [5.41, 5.74) is 0.570. The number of benzene rings is 1. The van der Waals surface area contributed by atoms with Gasteiger partial charge in [-0.1, -0.05) is 0 Å². The van der Waals surface area contributed by atoms with Crippen molar-refractivity contribution in [3.8, 4) is 5.75 Å². The lowest BCUT2D eigenvalue weighted by Crippen LogP contribution is -2.02. The molecule has 14 heavy (non-hydrogen) atoms. The van der Waals surface area contributed by atoms with E-state index in [0.29, 0.717) is 5.56 Å². The van der Waals surface area contributed by atoms with Crippen LogP contribution in [0.4, 0.5) is 0 Å². The summed E-state index contributed by atoms with van der Waals surface area (Å²) in [5.74, 6) is 0.0943. The summed E-state index contributed by atoms with van der Waals surface area (Å²) < 4.78 is 0. The molecular weight excluding hydrogens is 178 g/mol. The van der Waals surface area contributed by atoms with E-state index in [1.54, 1.807) is 23.2 Å². The van der Waals surface area contributed by atoms with Crippen LogP contribution in [0.3, 0.4) is 0 Å². The van der Waals surface area contributed by atoms with Gasteiger partial charge >= 0.3 is 0 Å². The van der Waals surface area contributed by atoms with E-state index >= 15 is 0 Å². The van der Waals surface area contributed by atoms with Crippen molar-refractivity contribution in [3.05, 3.63) is 42.1 Å². The first-order valence-corrected chi connectivity index (χ1v) is 4.27. The molecule has 1 aromatic rings. The molecule has 0 fully saturated rings. The van der Waals surface area contributed by atoms with Gasteiger partial charge in [0.1, 0.15) is 5.75 Å². The van der Waals surface area contributed by atoms with Gasteiger partial charge in [-0.3, -0.25) is 4.79 Å². The lowest BCUT2D eigenvalue weighted by Gasteiger charge is -2.02. The first-order chi connectivity index (χ1) is 6.59. The van der Waals surface area contributed by atoms with Gasteiger partial charge in [-0.05, 0) is 24.3 Å². The number of nitrogens with zero attached hydrogens (tertiary/aromatic N) is 1. The highest BCUT2D eigenvalue weighted by atomic mass is 16.3. The summed E-state index contributed by atoms with van der Waals surface area (Å²) in [6.45, 7) is 0. The number of hydrogen-bond donors (Lipinski definition) is 1. The van der Waals surface area contributed by atoms with Crippen molar-refractivity contribution in [2.75, 3.05) is 14.1 Å². The molecule has 0 unspecified atom stereocenters. The molecule has 3 heteroatoms. The number of carbonyl (C=O) groups is 1. The van der Waals surface area contributed by atoms with Crippen LogP contribution < -0.4 is 0 Å². The van der Waals surface area contributed by atoms with Gasteiger partial charge in [0.05, 0.1) is 0 Å². The number of ketones is 1. The molecule has 0 atom stereocenters. The maximum Gasteiger partial charge on any atom is 0.187 e. The molecular formula is C11H13NO2. The summed E-state index contributed by atoms with van der Waals surface area (Å²) in [4.78, 5) is 13.3. The van der Waals surface area contributed by atoms with Crippen LogP contribution in [0.25, 0.3) is 0 Å². The Labute approximate surface area is 83.3 Å². The second-order valence-corrected chi connectivity index (χ2v) is 3.19. The fraction of sp³-hybridized carbons (Fsp3) is 0.182. The van der Waals surface area contributed by atoms with E-state index in [4.69, 9.17) is 5.11 Å². The summed E-state index contributed by atoms with van der Waals surface area (Å²) >= 11 is 0. The van der Waals surface area contributed by atoms with Crippen molar-refractivity contribution < 1.29 is 9.90 Å². The Morgan fingerprint density at radius 2 is 1.86 bits per heavy atom. The fourth-order valence-electron chi connectivity index (χ4n) is 0.939. The lowest BCUT2D eigenvalue weighted by molar-refractivity contribution is 0.104. The Balaban J connectivity index is 2.75. The zero-order chi connectivity index (χ0) is 10.6. The van der Waals surface area contributed by atoms with Crippen molar-refractivity contribution in [3.63, 3.8) is 0 Å². The van der Waals surface area contributed by atoms with E-state index in [9.17, 15) is 4.79 Å². The van der Waals surface area contributed by atoms with Crippen LogP contribution in [0.15, 0.2) is 36.5 Å². The monoisotopic (exact) mass is 191 g/mol. The second kappa shape index (κ2) is 4.46. The minimum atomic E-state index is -0.0706. The van der Waals surface area contributed by atoms with Crippen molar-refractivity contribution in [2.24, 2.45) is 0 Å². The Morgan fingerprint density at radius 3 is 2.36 bits per heavy atom. The molecule has 0 spiro atoms. The number of carbonyl (C=O) groups excluding carboxylic acids is 1. The number of phenols is 1. The van der Waals surface area contributed by atoms with Crippen molar-refractivity contribution in [1.29, 1.82) is 0 Å². The largest absolute Gasteiger partial charge is 0.508 e. The van der Waals surface area contributed by atoms with Gasteiger partial charge in [0.2, 0.25) is 0 Å². The third kappa shape index (κ3) is 2.94. The number of hydrogen-bond acceptors (Lipinski definition) is 3. The Hall–Kier alpha value is -1.77. The van der Waals surface area contributed by atoms with E-state index in [1.165, 1.54) is 18.2 Å². The van der Waals surface area contributed by atoms with Crippen molar-refractivity contribution in [1.82, 2.24) is 4.90 Å². The van der Waals surface area contributed by atoms with Crippen LogP contribution in [-0.2, 0) is 0 Å². The minimum Gasteiger partial charge on any atom is -0.508 e. The van der Waals surface area contributed by atoms with Crippen molar-refractivity contribution >= 4 is 5.78 Å². The number of aromatic hydroxyl groups is 1. The highest BCUT2D eigenvalue weighted by Crippen LogP contribution is 2.10.